The first kappa shape index (κ1) is 28.3. The van der Waals surface area contributed by atoms with Crippen molar-refractivity contribution in [3.8, 4) is 33.6 Å². The van der Waals surface area contributed by atoms with Gasteiger partial charge in [0, 0.05) is 5.56 Å². The molecule has 43 heavy (non-hydrogen) atoms. The molecule has 0 bridgehead atoms. The van der Waals surface area contributed by atoms with Gasteiger partial charge >= 0.3 is 12.1 Å². The van der Waals surface area contributed by atoms with Crippen LogP contribution < -0.4 is 5.32 Å². The molecule has 0 aliphatic heterocycles. The summed E-state index contributed by atoms with van der Waals surface area (Å²) in [5.74, 6) is 0.117. The maximum Gasteiger partial charge on any atom is 0.419 e. The molecule has 5 aromatic rings. The minimum atomic E-state index is -4.62. The van der Waals surface area contributed by atoms with Crippen LogP contribution >= 0.6 is 0 Å². The highest BCUT2D eigenvalue weighted by Gasteiger charge is 2.52. The first-order valence-corrected chi connectivity index (χ1v) is 14.1. The van der Waals surface area contributed by atoms with E-state index in [1.165, 1.54) is 12.1 Å². The van der Waals surface area contributed by atoms with Crippen molar-refractivity contribution < 1.29 is 27.2 Å². The summed E-state index contributed by atoms with van der Waals surface area (Å²) in [5, 5.41) is 7.14. The van der Waals surface area contributed by atoms with Gasteiger partial charge in [0.1, 0.15) is 11.4 Å². The van der Waals surface area contributed by atoms with Crippen molar-refractivity contribution in [3.63, 3.8) is 0 Å². The van der Waals surface area contributed by atoms with Crippen molar-refractivity contribution in [2.24, 2.45) is 0 Å². The van der Waals surface area contributed by atoms with Crippen LogP contribution in [0.4, 0.5) is 24.5 Å². The second kappa shape index (κ2) is 11.1. The zero-order valence-corrected chi connectivity index (χ0v) is 23.7. The molecule has 1 fully saturated rings. The van der Waals surface area contributed by atoms with Crippen LogP contribution in [0.2, 0.25) is 0 Å². The van der Waals surface area contributed by atoms with Crippen LogP contribution in [0, 0.1) is 6.92 Å². The van der Waals surface area contributed by atoms with Crippen LogP contribution in [0.3, 0.4) is 0 Å². The lowest BCUT2D eigenvalue weighted by molar-refractivity contribution is -0.146. The number of anilines is 2. The van der Waals surface area contributed by atoms with Crippen molar-refractivity contribution >= 4 is 17.3 Å². The van der Waals surface area contributed by atoms with Crippen LogP contribution in [-0.2, 0) is 21.1 Å². The topological polar surface area (TPSA) is 64.4 Å². The van der Waals surface area contributed by atoms with Crippen LogP contribution in [-0.4, -0.2) is 17.7 Å². The van der Waals surface area contributed by atoms with Gasteiger partial charge in [0.25, 0.3) is 0 Å². The average Bonchev–Trinajstić information content (AvgIpc) is 3.76. The number of halogens is 3. The monoisotopic (exact) mass is 582 g/mol. The van der Waals surface area contributed by atoms with E-state index in [0.29, 0.717) is 34.9 Å². The normalized spacial score (nSPS) is 13.9. The molecule has 0 spiro atoms. The van der Waals surface area contributed by atoms with Crippen LogP contribution in [0.15, 0.2) is 102 Å². The number of benzene rings is 4. The van der Waals surface area contributed by atoms with Gasteiger partial charge in [-0.2, -0.15) is 13.2 Å². The Kier molecular flexibility index (Phi) is 7.30. The Morgan fingerprint density at radius 3 is 2.14 bits per heavy atom. The minimum Gasteiger partial charge on any atom is -0.465 e. The molecule has 5 nitrogen and oxygen atoms in total. The van der Waals surface area contributed by atoms with Crippen LogP contribution in [0.25, 0.3) is 33.6 Å². The highest BCUT2D eigenvalue weighted by Crippen LogP contribution is 2.50. The molecule has 218 valence electrons. The summed E-state index contributed by atoms with van der Waals surface area (Å²) in [6.07, 6.45) is -3.12. The van der Waals surface area contributed by atoms with E-state index in [-0.39, 0.29) is 17.2 Å². The second-order valence-corrected chi connectivity index (χ2v) is 10.6. The number of esters is 1. The number of rotatable bonds is 8. The molecule has 1 saturated carbocycles. The zero-order valence-electron chi connectivity index (χ0n) is 23.7. The zero-order chi connectivity index (χ0) is 30.2. The molecule has 0 amide bonds. The fourth-order valence-corrected chi connectivity index (χ4v) is 5.56. The Labute approximate surface area is 247 Å². The van der Waals surface area contributed by atoms with Gasteiger partial charge in [-0.1, -0.05) is 96.2 Å². The van der Waals surface area contributed by atoms with Gasteiger partial charge in [0.15, 0.2) is 5.76 Å². The van der Waals surface area contributed by atoms with E-state index in [1.807, 2.05) is 48.5 Å². The van der Waals surface area contributed by atoms with Gasteiger partial charge in [-0.3, -0.25) is 4.79 Å². The molecule has 1 N–H and O–H groups in total. The quantitative estimate of drug-likeness (QED) is 0.185. The van der Waals surface area contributed by atoms with E-state index in [4.69, 9.17) is 9.26 Å². The van der Waals surface area contributed by atoms with E-state index in [2.05, 4.69) is 10.5 Å². The molecular weight excluding hydrogens is 553 g/mol. The lowest BCUT2D eigenvalue weighted by atomic mass is 9.92. The Hall–Kier alpha value is -4.85. The Bertz CT molecular complexity index is 1770. The number of nitrogens with one attached hydrogen (secondary N) is 1. The average molecular weight is 583 g/mol. The lowest BCUT2D eigenvalue weighted by Gasteiger charge is -2.19. The van der Waals surface area contributed by atoms with E-state index in [1.54, 1.807) is 50.2 Å². The third-order valence-electron chi connectivity index (χ3n) is 7.89. The molecule has 1 heterocycles. The number of alkyl halides is 3. The molecule has 0 unspecified atom stereocenters. The fourth-order valence-electron chi connectivity index (χ4n) is 5.56. The predicted molar refractivity (Wildman–Crippen MR) is 160 cm³/mol. The number of carbonyl (C=O) groups excluding carboxylic acids is 1. The van der Waals surface area contributed by atoms with E-state index in [9.17, 15) is 18.0 Å². The smallest absolute Gasteiger partial charge is 0.419 e. The highest BCUT2D eigenvalue weighted by atomic mass is 19.4. The molecule has 1 aliphatic rings. The van der Waals surface area contributed by atoms with Gasteiger partial charge in [-0.25, -0.2) is 0 Å². The van der Waals surface area contributed by atoms with E-state index >= 15 is 0 Å². The Morgan fingerprint density at radius 1 is 0.860 bits per heavy atom. The fraction of sp³-hybridized carbons (Fsp3) is 0.200. The first-order chi connectivity index (χ1) is 20.7. The molecule has 1 aliphatic carbocycles. The summed E-state index contributed by atoms with van der Waals surface area (Å²) >= 11 is 0. The lowest BCUT2D eigenvalue weighted by Crippen LogP contribution is -2.23. The van der Waals surface area contributed by atoms with E-state index < -0.39 is 17.2 Å². The van der Waals surface area contributed by atoms with Crippen molar-refractivity contribution in [2.75, 3.05) is 11.9 Å². The van der Waals surface area contributed by atoms with E-state index in [0.717, 1.165) is 29.5 Å². The molecular formula is C35H29F3N2O3. The third kappa shape index (κ3) is 5.29. The molecule has 6 rings (SSSR count). The molecule has 0 saturated heterocycles. The summed E-state index contributed by atoms with van der Waals surface area (Å²) in [7, 11) is 0. The summed E-state index contributed by atoms with van der Waals surface area (Å²) in [6.45, 7) is 3.82. The number of aryl methyl sites for hydroxylation is 1. The summed E-state index contributed by atoms with van der Waals surface area (Å²) in [6, 6.07) is 28.2. The number of ether oxygens (including phenoxy) is 1. The molecule has 4 aromatic carbocycles. The summed E-state index contributed by atoms with van der Waals surface area (Å²) in [5.41, 5.74) is 3.09. The van der Waals surface area contributed by atoms with Gasteiger partial charge in [-0.05, 0) is 60.6 Å². The van der Waals surface area contributed by atoms with Crippen LogP contribution in [0.5, 0.6) is 0 Å². The van der Waals surface area contributed by atoms with Crippen molar-refractivity contribution in [3.05, 3.63) is 114 Å². The SMILES string of the molecule is CCOC(=O)C1(c2ccc(-c3ccccc3-c3onc(C)c3Nc3cccc(-c4ccccc4)c3C(F)(F)F)cc2)CC1. The van der Waals surface area contributed by atoms with Gasteiger partial charge < -0.3 is 14.6 Å². The Balaban J connectivity index is 1.39. The predicted octanol–water partition coefficient (Wildman–Crippen LogP) is 9.34. The van der Waals surface area contributed by atoms with Gasteiger partial charge in [-0.15, -0.1) is 0 Å². The second-order valence-electron chi connectivity index (χ2n) is 10.6. The maximum atomic E-state index is 14.5. The molecule has 0 atom stereocenters. The summed E-state index contributed by atoms with van der Waals surface area (Å²) in [4.78, 5) is 12.6. The largest absolute Gasteiger partial charge is 0.465 e. The van der Waals surface area contributed by atoms with Crippen molar-refractivity contribution in [2.45, 2.75) is 38.3 Å². The minimum absolute atomic E-state index is 0.0745. The standard InChI is InChI=1S/C35H29F3N2O3/c1-3-42-33(41)34(20-21-34)25-18-16-24(17-19-25)26-12-7-8-13-28(26)32-31(22(2)40-43-32)39-29-15-9-14-27(30(29)35(36,37)38)23-10-5-4-6-11-23/h4-19,39H,3,20-21H2,1-2H3. The molecule has 0 radical (unpaired) electrons. The number of carbonyl (C=O) groups is 1. The van der Waals surface area contributed by atoms with Gasteiger partial charge in [0.2, 0.25) is 0 Å². The first-order valence-electron chi connectivity index (χ1n) is 14.1. The van der Waals surface area contributed by atoms with Crippen LogP contribution in [0.1, 0.15) is 36.6 Å². The maximum absolute atomic E-state index is 14.5. The number of hydrogen-bond acceptors (Lipinski definition) is 5. The van der Waals surface area contributed by atoms with Crippen molar-refractivity contribution in [1.29, 1.82) is 0 Å². The number of hydrogen-bond donors (Lipinski definition) is 1. The van der Waals surface area contributed by atoms with Gasteiger partial charge in [0.05, 0.1) is 23.3 Å². The molecule has 8 heteroatoms. The third-order valence-corrected chi connectivity index (χ3v) is 7.89. The number of nitrogens with zero attached hydrogens (tertiary/aromatic N) is 1. The van der Waals surface area contributed by atoms with Crippen molar-refractivity contribution in [1.82, 2.24) is 5.16 Å². The number of aromatic nitrogens is 1. The molecule has 1 aromatic heterocycles. The highest BCUT2D eigenvalue weighted by molar-refractivity contribution is 5.90. The summed E-state index contributed by atoms with van der Waals surface area (Å²) < 4.78 is 54.7. The Morgan fingerprint density at radius 2 is 1.49 bits per heavy atom.